The van der Waals surface area contributed by atoms with E-state index in [0.717, 1.165) is 162 Å². The third-order valence-electron chi connectivity index (χ3n) is 27.1. The number of aromatic nitrogens is 16. The predicted molar refractivity (Wildman–Crippen MR) is 510 cm³/mol. The first-order valence-electron chi connectivity index (χ1n) is 43.9. The summed E-state index contributed by atoms with van der Waals surface area (Å²) in [4.78, 5) is 21.2. The minimum absolute atomic E-state index is 0. The van der Waals surface area contributed by atoms with E-state index in [1.54, 1.807) is 0 Å². The summed E-state index contributed by atoms with van der Waals surface area (Å²) in [6.45, 7) is 43.4. The first-order chi connectivity index (χ1) is 59.9. The van der Waals surface area contributed by atoms with E-state index < -0.39 is 0 Å². The molecule has 0 amide bonds. The normalized spacial score (nSPS) is 13.7. The van der Waals surface area contributed by atoms with Crippen LogP contribution in [0.15, 0.2) is 243 Å². The molecule has 127 heavy (non-hydrogen) atoms. The molecule has 0 radical (unpaired) electrons. The Morgan fingerprint density at radius 2 is 0.764 bits per heavy atom. The molecule has 1 aliphatic heterocycles. The van der Waals surface area contributed by atoms with Gasteiger partial charge < -0.3 is 27.1 Å². The molecule has 0 unspecified atom stereocenters. The summed E-state index contributed by atoms with van der Waals surface area (Å²) in [5.41, 5.74) is 35.9. The Labute approximate surface area is 767 Å². The molecule has 0 fully saturated rings. The zero-order chi connectivity index (χ0) is 86.3. The van der Waals surface area contributed by atoms with E-state index in [4.69, 9.17) is 30.1 Å². The molecule has 16 nitrogen and oxygen atoms in total. The van der Waals surface area contributed by atoms with Gasteiger partial charge in [-0.25, -0.2) is 19.9 Å². The topological polar surface area (TPSA) is 125 Å². The fourth-order valence-corrected chi connectivity index (χ4v) is 19.5. The van der Waals surface area contributed by atoms with Crippen LogP contribution in [0.25, 0.3) is 168 Å². The van der Waals surface area contributed by atoms with Crippen molar-refractivity contribution < 1.29 is 42.1 Å². The number of nitrogens with zero attached hydrogens (tertiary/aromatic N) is 16. The van der Waals surface area contributed by atoms with Crippen molar-refractivity contribution in [1.82, 2.24) is 75.4 Å². The maximum Gasteiger partial charge on any atom is 2.00 e. The molecular formula is C109H100N16Pt2. The predicted octanol–water partition coefficient (Wildman–Crippen LogP) is 26.1. The second-order valence-corrected chi connectivity index (χ2v) is 39.5. The van der Waals surface area contributed by atoms with Gasteiger partial charge in [0, 0.05) is 22.7 Å². The largest absolute Gasteiger partial charge is 2.00 e. The molecule has 0 N–H and O–H groups in total. The van der Waals surface area contributed by atoms with Crippen LogP contribution in [0.5, 0.6) is 0 Å². The number of imidazole rings is 8. The summed E-state index contributed by atoms with van der Waals surface area (Å²) >= 11 is 0. The van der Waals surface area contributed by atoms with Crippen LogP contribution in [0.1, 0.15) is 194 Å². The van der Waals surface area contributed by atoms with Crippen molar-refractivity contribution in [2.45, 2.75) is 176 Å². The number of para-hydroxylation sites is 4. The maximum absolute atomic E-state index is 5.36. The summed E-state index contributed by atoms with van der Waals surface area (Å²) in [6, 6.07) is 96.2. The Bertz CT molecular complexity index is 8200. The van der Waals surface area contributed by atoms with Crippen LogP contribution in [-0.2, 0) is 69.2 Å². The van der Waals surface area contributed by atoms with Gasteiger partial charge in [-0.2, -0.15) is 22.3 Å². The van der Waals surface area contributed by atoms with Gasteiger partial charge in [0.2, 0.25) is 23.1 Å². The minimum Gasteiger partial charge on any atom is -0.332 e. The zero-order valence-electron chi connectivity index (χ0n) is 75.1. The number of rotatable bonds is 10. The van der Waals surface area contributed by atoms with Gasteiger partial charge in [-0.3, -0.25) is 18.2 Å². The zero-order valence-corrected chi connectivity index (χ0v) is 79.7. The third kappa shape index (κ3) is 12.7. The van der Waals surface area contributed by atoms with Crippen LogP contribution in [0.2, 0.25) is 0 Å². The standard InChI is InChI=1S/C55H50N8.C54H50N8.2Pt/c1-52(2,3)34-20-25-41-46(28-34)62-47-29-35(53(4,5)6)21-26-43(47)59(50(62)58-41)37-23-27-44-48(31-37)60(51-57-40-18-14-15-19-42(40)61(44)51)36-22-24-39-45(30-36)63-49(55(9,10)54(39,7)8)38(32-56-63)33-16-12-11-13-17-33;1-32(2)35-20-24-46-49(26-35)62-48-27-37(54(7,8)9)21-23-44(48)57-52(62)59(46)40-22-25-47-50(29-40)60(53-56-43-18-10-11-19-45(43)61(47)53)39-15-12-14-38(28-39)58-31-36(30-55-58)51-41(33(3)4)16-13-17-42(51)34(5)6;;/h11-29,32H,1-10H3;10-27,30-34H,1-9H3;;/q2*-2;2*+2. The van der Waals surface area contributed by atoms with Gasteiger partial charge in [-0.1, -0.05) is 251 Å². The second kappa shape index (κ2) is 29.6. The van der Waals surface area contributed by atoms with E-state index >= 15 is 0 Å². The summed E-state index contributed by atoms with van der Waals surface area (Å²) in [6.07, 6.45) is 6.16. The van der Waals surface area contributed by atoms with E-state index in [0.29, 0.717) is 17.8 Å². The molecule has 636 valence electrons. The van der Waals surface area contributed by atoms with Crippen molar-refractivity contribution in [3.63, 3.8) is 0 Å². The van der Waals surface area contributed by atoms with Crippen LogP contribution < -0.4 is 0 Å². The van der Waals surface area contributed by atoms with Gasteiger partial charge in [0.05, 0.1) is 84.3 Å². The molecule has 23 rings (SSSR count). The summed E-state index contributed by atoms with van der Waals surface area (Å²) < 4.78 is 22.2. The number of benzene rings is 12. The van der Waals surface area contributed by atoms with E-state index in [1.807, 2.05) is 23.1 Å². The molecule has 0 saturated carbocycles. The van der Waals surface area contributed by atoms with E-state index in [-0.39, 0.29) is 69.2 Å². The van der Waals surface area contributed by atoms with E-state index in [2.05, 4.69) is 421 Å². The smallest absolute Gasteiger partial charge is 0.332 e. The summed E-state index contributed by atoms with van der Waals surface area (Å²) in [5.74, 6) is 4.44. The van der Waals surface area contributed by atoms with Crippen molar-refractivity contribution in [2.75, 3.05) is 0 Å². The molecule has 0 spiro atoms. The van der Waals surface area contributed by atoms with Gasteiger partial charge in [-0.15, -0.1) is 72.3 Å². The monoisotopic (exact) mass is 2020 g/mol. The van der Waals surface area contributed by atoms with Gasteiger partial charge in [0.25, 0.3) is 0 Å². The Hall–Kier alpha value is -12.5. The molecule has 18 heteroatoms. The van der Waals surface area contributed by atoms with Gasteiger partial charge in [0.1, 0.15) is 0 Å². The van der Waals surface area contributed by atoms with Gasteiger partial charge in [-0.05, 0) is 190 Å². The molecule has 0 saturated heterocycles. The fourth-order valence-electron chi connectivity index (χ4n) is 19.5. The van der Waals surface area contributed by atoms with Crippen molar-refractivity contribution in [1.29, 1.82) is 0 Å². The van der Waals surface area contributed by atoms with Crippen molar-refractivity contribution in [3.05, 3.63) is 312 Å². The summed E-state index contributed by atoms with van der Waals surface area (Å²) in [5, 5.41) is 10.1. The molecule has 12 aromatic carbocycles. The quantitative estimate of drug-likeness (QED) is 0.126. The first kappa shape index (κ1) is 82.8. The van der Waals surface area contributed by atoms with E-state index in [1.165, 1.54) is 50.2 Å². The van der Waals surface area contributed by atoms with Crippen LogP contribution in [0.4, 0.5) is 0 Å². The maximum atomic E-state index is 5.36. The molecule has 0 aliphatic carbocycles. The molecule has 0 atom stereocenters. The Kier molecular flexibility index (Phi) is 19.3. The first-order valence-corrected chi connectivity index (χ1v) is 43.9. The minimum atomic E-state index is -0.238. The summed E-state index contributed by atoms with van der Waals surface area (Å²) in [7, 11) is 0. The molecule has 0 bridgehead atoms. The number of fused-ring (bicyclic) bond motifs is 23. The molecule has 11 heterocycles. The molecule has 22 aromatic rings. The average Bonchev–Trinajstić information content (AvgIpc) is 1.67. The van der Waals surface area contributed by atoms with E-state index in [9.17, 15) is 0 Å². The Morgan fingerprint density at radius 1 is 0.331 bits per heavy atom. The van der Waals surface area contributed by atoms with Crippen molar-refractivity contribution >= 4 is 111 Å². The van der Waals surface area contributed by atoms with Crippen LogP contribution in [0.3, 0.4) is 0 Å². The molecule has 1 aliphatic rings. The van der Waals surface area contributed by atoms with Gasteiger partial charge >= 0.3 is 42.1 Å². The molecular weight excluding hydrogens is 1920 g/mol. The third-order valence-corrected chi connectivity index (χ3v) is 27.1. The van der Waals surface area contributed by atoms with Crippen molar-refractivity contribution in [2.24, 2.45) is 0 Å². The van der Waals surface area contributed by atoms with Crippen molar-refractivity contribution in [3.8, 4) is 56.4 Å². The van der Waals surface area contributed by atoms with Gasteiger partial charge in [0.15, 0.2) is 0 Å². The fraction of sp³-hybridized carbons (Fsp3) is 0.248. The van der Waals surface area contributed by atoms with Crippen LogP contribution in [0, 0.1) is 24.3 Å². The molecule has 10 aromatic heterocycles. The Morgan fingerprint density at radius 3 is 1.29 bits per heavy atom. The van der Waals surface area contributed by atoms with Crippen LogP contribution in [-0.4, -0.2) is 75.4 Å². The number of hydrogen-bond acceptors (Lipinski definition) is 6. The SMILES string of the molecule is CC(C)(C)c1ccc2nc3n(-c4[c-]c5c(cc4)n4c6ccccc6nc4n5-c4[c-]c5c(cc4)C(C)(C)C(C)(C)c4c(-c6ccccc6)cnn4-5)c4ccc(C(C)(C)C)cc4n3c2c1.CC(C)c1ccc2c(c1)n1c3cc(C(C)(C)C)ccc3nc1n2-c1[c-]c2c(cc1)n1c3ccccc3nc1n2-c1[c-]c(-n2cc(-c3c(C(C)C)cccc3C(C)C)cn2)ccc1.[Pt+2].[Pt+2]. The Balaban J connectivity index is 0.000000157. The second-order valence-electron chi connectivity index (χ2n) is 39.5. The average molecular weight is 2020 g/mol. The number of hydrogen-bond donors (Lipinski definition) is 0. The van der Waals surface area contributed by atoms with Crippen LogP contribution >= 0.6 is 0 Å².